The summed E-state index contributed by atoms with van der Waals surface area (Å²) in [5.41, 5.74) is 3.51. The van der Waals surface area contributed by atoms with E-state index in [2.05, 4.69) is 61.5 Å². The van der Waals surface area contributed by atoms with Crippen molar-refractivity contribution < 1.29 is 9.53 Å². The van der Waals surface area contributed by atoms with E-state index in [0.29, 0.717) is 33.5 Å². The summed E-state index contributed by atoms with van der Waals surface area (Å²) in [4.78, 5) is 11.9. The Balaban J connectivity index is 1.54. The van der Waals surface area contributed by atoms with Gasteiger partial charge in [0.25, 0.3) is 0 Å². The molecule has 0 aromatic heterocycles. The third-order valence-electron chi connectivity index (χ3n) is 13.6. The summed E-state index contributed by atoms with van der Waals surface area (Å²) in [7, 11) is 0. The molecule has 34 heavy (non-hydrogen) atoms. The molecule has 0 radical (unpaired) electrons. The molecule has 4 fully saturated rings. The lowest BCUT2D eigenvalue weighted by molar-refractivity contribution is -0.184. The van der Waals surface area contributed by atoms with E-state index in [4.69, 9.17) is 4.74 Å². The molecule has 0 aromatic rings. The van der Waals surface area contributed by atoms with Crippen LogP contribution in [0, 0.1) is 56.7 Å². The van der Waals surface area contributed by atoms with Gasteiger partial charge >= 0.3 is 5.97 Å². The van der Waals surface area contributed by atoms with Crippen LogP contribution in [0.3, 0.4) is 0 Å². The van der Waals surface area contributed by atoms with Crippen molar-refractivity contribution in [2.24, 2.45) is 56.7 Å². The van der Waals surface area contributed by atoms with Gasteiger partial charge in [0.15, 0.2) is 0 Å². The van der Waals surface area contributed by atoms with Crippen LogP contribution in [0.1, 0.15) is 120 Å². The molecule has 2 heteroatoms. The molecule has 0 spiro atoms. The molecule has 0 aromatic carbocycles. The molecule has 0 saturated heterocycles. The molecule has 0 heterocycles. The van der Waals surface area contributed by atoms with Gasteiger partial charge in [-0.25, -0.2) is 0 Å². The Kier molecular flexibility index (Phi) is 5.57. The SMILES string of the molecule is CC(=O)O[C@H]1CC[C@]2(C)[C@H]3CC[C@@]4(C)[C@@H]5[C@@H](C)CC[C@]5(C(C)C)CC[C@]4(C)C3=CC[C@H]2C1(C)C. The number of allylic oxidation sites excluding steroid dienone is 2. The van der Waals surface area contributed by atoms with Gasteiger partial charge in [-0.1, -0.05) is 67.0 Å². The number of carbonyl (C=O) groups excluding carboxylic acids is 1. The summed E-state index contributed by atoms with van der Waals surface area (Å²) >= 11 is 0. The molecular formula is C32H52O2. The van der Waals surface area contributed by atoms with Crippen LogP contribution in [0.15, 0.2) is 11.6 Å². The molecule has 192 valence electrons. The monoisotopic (exact) mass is 468 g/mol. The van der Waals surface area contributed by atoms with Crippen molar-refractivity contribution in [2.75, 3.05) is 0 Å². The highest BCUT2D eigenvalue weighted by Crippen LogP contribution is 2.77. The van der Waals surface area contributed by atoms with Gasteiger partial charge in [0, 0.05) is 12.3 Å². The van der Waals surface area contributed by atoms with Crippen LogP contribution in [-0.2, 0) is 9.53 Å². The van der Waals surface area contributed by atoms with Crippen LogP contribution >= 0.6 is 0 Å². The fourth-order valence-electron chi connectivity index (χ4n) is 11.6. The average molecular weight is 469 g/mol. The molecule has 5 aliphatic rings. The first-order chi connectivity index (χ1) is 15.7. The van der Waals surface area contributed by atoms with E-state index in [0.717, 1.165) is 30.6 Å². The number of carbonyl (C=O) groups is 1. The predicted molar refractivity (Wildman–Crippen MR) is 140 cm³/mol. The summed E-state index contributed by atoms with van der Waals surface area (Å²) in [5.74, 6) is 3.68. The summed E-state index contributed by atoms with van der Waals surface area (Å²) < 4.78 is 5.89. The molecule has 4 saturated carbocycles. The van der Waals surface area contributed by atoms with Gasteiger partial charge in [-0.15, -0.1) is 0 Å². The Morgan fingerprint density at radius 2 is 1.68 bits per heavy atom. The first kappa shape index (κ1) is 24.9. The predicted octanol–water partition coefficient (Wildman–Crippen LogP) is 8.60. The zero-order valence-corrected chi connectivity index (χ0v) is 23.7. The molecule has 2 nitrogen and oxygen atoms in total. The maximum absolute atomic E-state index is 11.9. The molecular weight excluding hydrogens is 416 g/mol. The molecule has 0 aliphatic heterocycles. The lowest BCUT2D eigenvalue weighted by atomic mass is 9.35. The van der Waals surface area contributed by atoms with Crippen LogP contribution in [0.2, 0.25) is 0 Å². The Hall–Kier alpha value is -0.790. The first-order valence-corrected chi connectivity index (χ1v) is 14.6. The maximum Gasteiger partial charge on any atom is 0.302 e. The van der Waals surface area contributed by atoms with E-state index in [1.54, 1.807) is 6.92 Å². The van der Waals surface area contributed by atoms with Crippen molar-refractivity contribution >= 4 is 5.97 Å². The molecule has 0 amide bonds. The minimum Gasteiger partial charge on any atom is -0.462 e. The minimum atomic E-state index is -0.115. The molecule has 0 unspecified atom stereocenters. The Morgan fingerprint density at radius 3 is 2.32 bits per heavy atom. The van der Waals surface area contributed by atoms with Gasteiger partial charge in [-0.05, 0) is 109 Å². The number of rotatable bonds is 2. The van der Waals surface area contributed by atoms with E-state index in [9.17, 15) is 4.79 Å². The van der Waals surface area contributed by atoms with E-state index < -0.39 is 0 Å². The Morgan fingerprint density at radius 1 is 0.971 bits per heavy atom. The third-order valence-corrected chi connectivity index (χ3v) is 13.6. The highest BCUT2D eigenvalue weighted by molar-refractivity contribution is 5.66. The highest BCUT2D eigenvalue weighted by Gasteiger charge is 2.69. The summed E-state index contributed by atoms with van der Waals surface area (Å²) in [6, 6.07) is 0. The Labute approximate surface area is 210 Å². The second kappa shape index (κ2) is 7.61. The van der Waals surface area contributed by atoms with Gasteiger partial charge in [0.1, 0.15) is 6.10 Å². The topological polar surface area (TPSA) is 26.3 Å². The molecule has 5 rings (SSSR count). The second-order valence-electron chi connectivity index (χ2n) is 15.1. The number of hydrogen-bond donors (Lipinski definition) is 0. The van der Waals surface area contributed by atoms with Crippen molar-refractivity contribution in [1.82, 2.24) is 0 Å². The van der Waals surface area contributed by atoms with Crippen molar-refractivity contribution in [3.05, 3.63) is 11.6 Å². The zero-order valence-electron chi connectivity index (χ0n) is 23.7. The van der Waals surface area contributed by atoms with Crippen LogP contribution in [0.5, 0.6) is 0 Å². The third kappa shape index (κ3) is 2.95. The largest absolute Gasteiger partial charge is 0.462 e. The number of fused-ring (bicyclic) bond motifs is 7. The fraction of sp³-hybridized carbons (Fsp3) is 0.906. The standard InChI is InChI=1S/C32H52O2/c1-20(2)32-17-12-21(3)27(32)31(9)16-13-23-24(30(31,8)18-19-32)10-11-25-28(5,6)26(34-22(4)33)14-15-29(23,25)7/h10,20-21,23,25-27H,11-19H2,1-9H3/t21-,23-,25-,26-,27-,29+,30+,31-,32+/m0/s1. The molecule has 0 bridgehead atoms. The molecule has 0 N–H and O–H groups in total. The molecule has 9 atom stereocenters. The average Bonchev–Trinajstić information content (AvgIpc) is 3.10. The number of esters is 1. The lowest BCUT2D eigenvalue weighted by Gasteiger charge is -2.70. The maximum atomic E-state index is 11.9. The van der Waals surface area contributed by atoms with Crippen molar-refractivity contribution in [3.8, 4) is 0 Å². The van der Waals surface area contributed by atoms with Crippen LogP contribution in [0.4, 0.5) is 0 Å². The minimum absolute atomic E-state index is 0.0294. The smallest absolute Gasteiger partial charge is 0.302 e. The highest BCUT2D eigenvalue weighted by atomic mass is 16.5. The van der Waals surface area contributed by atoms with Gasteiger partial charge in [-0.3, -0.25) is 4.79 Å². The normalized spacial score (nSPS) is 51.6. The van der Waals surface area contributed by atoms with Crippen molar-refractivity contribution in [1.29, 1.82) is 0 Å². The van der Waals surface area contributed by atoms with Gasteiger partial charge < -0.3 is 4.74 Å². The first-order valence-electron chi connectivity index (χ1n) is 14.6. The van der Waals surface area contributed by atoms with Gasteiger partial charge in [0.2, 0.25) is 0 Å². The summed E-state index contributed by atoms with van der Waals surface area (Å²) in [5, 5.41) is 0. The lowest BCUT2D eigenvalue weighted by Crippen LogP contribution is -2.63. The van der Waals surface area contributed by atoms with E-state index >= 15 is 0 Å². The van der Waals surface area contributed by atoms with Crippen LogP contribution in [-0.4, -0.2) is 12.1 Å². The summed E-state index contributed by atoms with van der Waals surface area (Å²) in [6.07, 6.45) is 14.6. The number of hydrogen-bond acceptors (Lipinski definition) is 2. The second-order valence-corrected chi connectivity index (χ2v) is 15.1. The van der Waals surface area contributed by atoms with Crippen LogP contribution < -0.4 is 0 Å². The Bertz CT molecular complexity index is 883. The van der Waals surface area contributed by atoms with E-state index in [-0.39, 0.29) is 17.5 Å². The van der Waals surface area contributed by atoms with E-state index in [1.807, 2.05) is 5.57 Å². The van der Waals surface area contributed by atoms with Gasteiger partial charge in [0.05, 0.1) is 0 Å². The summed E-state index contributed by atoms with van der Waals surface area (Å²) in [6.45, 7) is 22.0. The fourth-order valence-corrected chi connectivity index (χ4v) is 11.6. The number of ether oxygens (including phenoxy) is 1. The van der Waals surface area contributed by atoms with E-state index in [1.165, 1.54) is 44.9 Å². The molecule has 5 aliphatic carbocycles. The quantitative estimate of drug-likeness (QED) is 0.299. The van der Waals surface area contributed by atoms with Crippen molar-refractivity contribution in [2.45, 2.75) is 126 Å². The zero-order chi connectivity index (χ0) is 24.9. The van der Waals surface area contributed by atoms with Crippen molar-refractivity contribution in [3.63, 3.8) is 0 Å². The van der Waals surface area contributed by atoms with Crippen LogP contribution in [0.25, 0.3) is 0 Å². The van der Waals surface area contributed by atoms with Gasteiger partial charge in [-0.2, -0.15) is 0 Å².